The summed E-state index contributed by atoms with van der Waals surface area (Å²) < 4.78 is 29.7. The van der Waals surface area contributed by atoms with Crippen molar-refractivity contribution in [2.75, 3.05) is 0 Å². The summed E-state index contributed by atoms with van der Waals surface area (Å²) in [5.74, 6) is -0.176. The second-order valence-electron chi connectivity index (χ2n) is 5.99. The van der Waals surface area contributed by atoms with Gasteiger partial charge in [-0.2, -0.15) is 0 Å². The monoisotopic (exact) mass is 369 g/mol. The molecule has 1 heterocycles. The fraction of sp³-hybridized carbons (Fsp3) is 0.158. The zero-order chi connectivity index (χ0) is 18.7. The zero-order valence-electron chi connectivity index (χ0n) is 14.5. The summed E-state index contributed by atoms with van der Waals surface area (Å²) in [5.41, 5.74) is 2.14. The molecular formula is C19H19N3O3S. The van der Waals surface area contributed by atoms with E-state index in [1.807, 2.05) is 35.0 Å². The molecule has 134 valence electrons. The van der Waals surface area contributed by atoms with Crippen LogP contribution in [0.5, 0.6) is 0 Å². The Kier molecular flexibility index (Phi) is 5.01. The Morgan fingerprint density at radius 3 is 2.50 bits per heavy atom. The minimum absolute atomic E-state index is 0.0760. The minimum atomic E-state index is -3.73. The van der Waals surface area contributed by atoms with Crippen molar-refractivity contribution in [3.05, 3.63) is 78.4 Å². The Bertz CT molecular complexity index is 1010. The van der Waals surface area contributed by atoms with E-state index in [9.17, 15) is 13.2 Å². The highest BCUT2D eigenvalue weighted by atomic mass is 32.2. The van der Waals surface area contributed by atoms with Crippen molar-refractivity contribution < 1.29 is 13.2 Å². The molecule has 7 heteroatoms. The molecular weight excluding hydrogens is 350 g/mol. The first-order valence-electron chi connectivity index (χ1n) is 8.08. The summed E-state index contributed by atoms with van der Waals surface area (Å²) in [6, 6.07) is 13.1. The number of carbonyl (C=O) groups excluding carboxylic acids is 1. The SMILES string of the molecule is CC(=O)c1cccc(S(=O)(=O)NC(C)c2ccc(-n3ccnc3)cc2)c1. The summed E-state index contributed by atoms with van der Waals surface area (Å²) in [6.45, 7) is 3.18. The van der Waals surface area contributed by atoms with E-state index in [1.54, 1.807) is 31.6 Å². The molecule has 6 nitrogen and oxygen atoms in total. The molecule has 2 aromatic carbocycles. The van der Waals surface area contributed by atoms with Crippen LogP contribution in [0.3, 0.4) is 0 Å². The first kappa shape index (κ1) is 18.0. The van der Waals surface area contributed by atoms with Crippen molar-refractivity contribution in [3.8, 4) is 5.69 Å². The van der Waals surface area contributed by atoms with Gasteiger partial charge in [-0.25, -0.2) is 18.1 Å². The molecule has 3 aromatic rings. The van der Waals surface area contributed by atoms with Gasteiger partial charge in [-0.05, 0) is 43.7 Å². The highest BCUT2D eigenvalue weighted by Crippen LogP contribution is 2.19. The number of nitrogens with one attached hydrogen (secondary N) is 1. The molecule has 0 saturated heterocycles. The summed E-state index contributed by atoms with van der Waals surface area (Å²) >= 11 is 0. The van der Waals surface area contributed by atoms with Crippen LogP contribution < -0.4 is 4.72 Å². The number of carbonyl (C=O) groups is 1. The van der Waals surface area contributed by atoms with Crippen molar-refractivity contribution in [1.29, 1.82) is 0 Å². The number of hydrogen-bond acceptors (Lipinski definition) is 4. The number of nitrogens with zero attached hydrogens (tertiary/aromatic N) is 2. The highest BCUT2D eigenvalue weighted by Gasteiger charge is 2.19. The number of rotatable bonds is 6. The van der Waals surface area contributed by atoms with Crippen LogP contribution in [0.4, 0.5) is 0 Å². The van der Waals surface area contributed by atoms with E-state index in [-0.39, 0.29) is 10.7 Å². The molecule has 0 fully saturated rings. The average molecular weight is 369 g/mol. The molecule has 26 heavy (non-hydrogen) atoms. The molecule has 1 aromatic heterocycles. The molecule has 0 saturated carbocycles. The lowest BCUT2D eigenvalue weighted by molar-refractivity contribution is 0.101. The Morgan fingerprint density at radius 1 is 1.15 bits per heavy atom. The maximum Gasteiger partial charge on any atom is 0.241 e. The van der Waals surface area contributed by atoms with Crippen LogP contribution in [0, 0.1) is 0 Å². The summed E-state index contributed by atoms with van der Waals surface area (Å²) in [4.78, 5) is 15.6. The first-order valence-corrected chi connectivity index (χ1v) is 9.57. The smallest absolute Gasteiger partial charge is 0.241 e. The van der Waals surface area contributed by atoms with Gasteiger partial charge in [0.25, 0.3) is 0 Å². The molecule has 0 aliphatic heterocycles. The number of aromatic nitrogens is 2. The maximum absolute atomic E-state index is 12.6. The lowest BCUT2D eigenvalue weighted by Gasteiger charge is -2.15. The van der Waals surface area contributed by atoms with Gasteiger partial charge in [0.15, 0.2) is 5.78 Å². The van der Waals surface area contributed by atoms with Crippen LogP contribution in [0.1, 0.15) is 35.8 Å². The van der Waals surface area contributed by atoms with Crippen LogP contribution in [0.15, 0.2) is 72.1 Å². The van der Waals surface area contributed by atoms with Gasteiger partial charge in [0.1, 0.15) is 0 Å². The van der Waals surface area contributed by atoms with Crippen LogP contribution in [-0.2, 0) is 10.0 Å². The predicted octanol–water partition coefficient (Wildman–Crippen LogP) is 3.11. The van der Waals surface area contributed by atoms with Crippen molar-refractivity contribution in [3.63, 3.8) is 0 Å². The van der Waals surface area contributed by atoms with Crippen molar-refractivity contribution in [2.45, 2.75) is 24.8 Å². The summed E-state index contributed by atoms with van der Waals surface area (Å²) in [7, 11) is -3.73. The van der Waals surface area contributed by atoms with E-state index in [4.69, 9.17) is 0 Å². The highest BCUT2D eigenvalue weighted by molar-refractivity contribution is 7.89. The molecule has 3 rings (SSSR count). The number of ketones is 1. The van der Waals surface area contributed by atoms with E-state index in [0.717, 1.165) is 11.3 Å². The average Bonchev–Trinajstić information content (AvgIpc) is 3.16. The topological polar surface area (TPSA) is 81.1 Å². The van der Waals surface area contributed by atoms with Crippen molar-refractivity contribution in [1.82, 2.24) is 14.3 Å². The predicted molar refractivity (Wildman–Crippen MR) is 98.7 cm³/mol. The van der Waals surface area contributed by atoms with Crippen LogP contribution in [0.2, 0.25) is 0 Å². The molecule has 1 atom stereocenters. The van der Waals surface area contributed by atoms with E-state index >= 15 is 0 Å². The fourth-order valence-electron chi connectivity index (χ4n) is 2.60. The molecule has 0 aliphatic rings. The number of benzene rings is 2. The maximum atomic E-state index is 12.6. The number of hydrogen-bond donors (Lipinski definition) is 1. The zero-order valence-corrected chi connectivity index (χ0v) is 15.3. The Hall–Kier alpha value is -2.77. The molecule has 1 unspecified atom stereocenters. The Morgan fingerprint density at radius 2 is 1.88 bits per heavy atom. The van der Waals surface area contributed by atoms with Gasteiger partial charge in [-0.1, -0.05) is 24.3 Å². The van der Waals surface area contributed by atoms with Gasteiger partial charge < -0.3 is 4.57 Å². The third kappa shape index (κ3) is 3.89. The molecule has 0 bridgehead atoms. The molecule has 1 N–H and O–H groups in total. The van der Waals surface area contributed by atoms with Gasteiger partial charge >= 0.3 is 0 Å². The summed E-state index contributed by atoms with van der Waals surface area (Å²) in [5, 5.41) is 0. The second kappa shape index (κ2) is 7.23. The van der Waals surface area contributed by atoms with Gasteiger partial charge in [-0.3, -0.25) is 4.79 Å². The number of Topliss-reactive ketones (excluding diaryl/α,β-unsaturated/α-hetero) is 1. The normalized spacial score (nSPS) is 12.7. The van der Waals surface area contributed by atoms with Crippen LogP contribution >= 0.6 is 0 Å². The molecule has 0 aliphatic carbocycles. The number of sulfonamides is 1. The largest absolute Gasteiger partial charge is 0.306 e. The standard InChI is InChI=1S/C19H19N3O3S/c1-14(16-6-8-18(9-7-16)22-11-10-20-13-22)21-26(24,25)19-5-3-4-17(12-19)15(2)23/h3-14,21H,1-2H3. The van der Waals surface area contributed by atoms with Gasteiger partial charge in [0.2, 0.25) is 10.0 Å². The lowest BCUT2D eigenvalue weighted by atomic mass is 10.1. The Labute approximate surface area is 152 Å². The molecule has 0 spiro atoms. The minimum Gasteiger partial charge on any atom is -0.306 e. The lowest BCUT2D eigenvalue weighted by Crippen LogP contribution is -2.27. The van der Waals surface area contributed by atoms with Crippen LogP contribution in [-0.4, -0.2) is 23.8 Å². The first-order chi connectivity index (χ1) is 12.4. The fourth-order valence-corrected chi connectivity index (χ4v) is 3.88. The number of imidazole rings is 1. The quantitative estimate of drug-likeness (QED) is 0.677. The third-order valence-corrected chi connectivity index (χ3v) is 5.62. The van der Waals surface area contributed by atoms with E-state index < -0.39 is 16.1 Å². The van der Waals surface area contributed by atoms with E-state index in [0.29, 0.717) is 5.56 Å². The summed E-state index contributed by atoms with van der Waals surface area (Å²) in [6.07, 6.45) is 5.23. The molecule has 0 amide bonds. The van der Waals surface area contributed by atoms with Crippen LogP contribution in [0.25, 0.3) is 5.69 Å². The van der Waals surface area contributed by atoms with E-state index in [2.05, 4.69) is 9.71 Å². The Balaban J connectivity index is 1.79. The van der Waals surface area contributed by atoms with E-state index in [1.165, 1.54) is 19.1 Å². The third-order valence-electron chi connectivity index (χ3n) is 4.08. The second-order valence-corrected chi connectivity index (χ2v) is 7.70. The molecule has 0 radical (unpaired) electrons. The van der Waals surface area contributed by atoms with Crippen molar-refractivity contribution >= 4 is 15.8 Å². The van der Waals surface area contributed by atoms with Gasteiger partial charge in [0, 0.05) is 29.7 Å². The van der Waals surface area contributed by atoms with Gasteiger partial charge in [-0.15, -0.1) is 0 Å². The van der Waals surface area contributed by atoms with Crippen molar-refractivity contribution in [2.24, 2.45) is 0 Å². The van der Waals surface area contributed by atoms with Gasteiger partial charge in [0.05, 0.1) is 11.2 Å².